The molecule has 0 aliphatic heterocycles. The number of hydrogen-bond acceptors (Lipinski definition) is 4. The fourth-order valence-corrected chi connectivity index (χ4v) is 2.73. The molecule has 0 amide bonds. The molecule has 0 fully saturated rings. The zero-order valence-electron chi connectivity index (χ0n) is 13.5. The van der Waals surface area contributed by atoms with Gasteiger partial charge in [0.1, 0.15) is 10.7 Å². The summed E-state index contributed by atoms with van der Waals surface area (Å²) >= 11 is 6.31. The maximum absolute atomic E-state index is 12.4. The Bertz CT molecular complexity index is 905. The van der Waals surface area contributed by atoms with Crippen LogP contribution in [0.2, 0.25) is 5.15 Å². The number of aromatic nitrogens is 2. The number of halogens is 1. The molecule has 126 valence electrons. The van der Waals surface area contributed by atoms with Crippen LogP contribution in [0.4, 0.5) is 0 Å². The summed E-state index contributed by atoms with van der Waals surface area (Å²) in [4.78, 5) is 24.4. The van der Waals surface area contributed by atoms with Gasteiger partial charge in [0.15, 0.2) is 12.4 Å². The van der Waals surface area contributed by atoms with Crippen LogP contribution in [0.3, 0.4) is 0 Å². The van der Waals surface area contributed by atoms with Crippen LogP contribution in [-0.2, 0) is 4.74 Å². The molecular formula is C19H15ClN2O3. The normalized spacial score (nSPS) is 10.5. The van der Waals surface area contributed by atoms with Gasteiger partial charge in [-0.25, -0.2) is 9.48 Å². The van der Waals surface area contributed by atoms with Crippen molar-refractivity contribution in [1.82, 2.24) is 9.78 Å². The van der Waals surface area contributed by atoms with E-state index in [2.05, 4.69) is 5.10 Å². The standard InChI is InChI=1S/C19H15ClN2O3/c1-13-17(18(20)22(21-13)15-10-6-3-7-11-15)19(24)25-12-16(23)14-8-4-2-5-9-14/h2-11H,12H2,1H3. The van der Waals surface area contributed by atoms with E-state index < -0.39 is 5.97 Å². The molecule has 2 aromatic carbocycles. The summed E-state index contributed by atoms with van der Waals surface area (Å²) in [6.07, 6.45) is 0. The lowest BCUT2D eigenvalue weighted by atomic mass is 10.1. The second-order valence-electron chi connectivity index (χ2n) is 5.36. The molecule has 0 aliphatic carbocycles. The summed E-state index contributed by atoms with van der Waals surface area (Å²) in [7, 11) is 0. The van der Waals surface area contributed by atoms with Crippen LogP contribution in [0.25, 0.3) is 5.69 Å². The van der Waals surface area contributed by atoms with Crippen LogP contribution in [0.5, 0.6) is 0 Å². The maximum Gasteiger partial charge on any atom is 0.343 e. The predicted molar refractivity (Wildman–Crippen MR) is 94.4 cm³/mol. The Labute approximate surface area is 149 Å². The summed E-state index contributed by atoms with van der Waals surface area (Å²) in [5, 5.41) is 4.44. The van der Waals surface area contributed by atoms with Gasteiger partial charge >= 0.3 is 5.97 Å². The molecule has 0 N–H and O–H groups in total. The molecule has 6 heteroatoms. The van der Waals surface area contributed by atoms with Crippen LogP contribution in [0.1, 0.15) is 26.4 Å². The molecule has 1 heterocycles. The molecule has 0 radical (unpaired) electrons. The van der Waals surface area contributed by atoms with E-state index in [0.29, 0.717) is 11.3 Å². The first-order valence-corrected chi connectivity index (χ1v) is 8.01. The van der Waals surface area contributed by atoms with Crippen LogP contribution in [0.15, 0.2) is 60.7 Å². The van der Waals surface area contributed by atoms with Crippen molar-refractivity contribution in [3.8, 4) is 5.69 Å². The first-order chi connectivity index (χ1) is 12.1. The van der Waals surface area contributed by atoms with E-state index in [1.54, 1.807) is 31.2 Å². The molecular weight excluding hydrogens is 340 g/mol. The Morgan fingerprint density at radius 1 is 1.04 bits per heavy atom. The van der Waals surface area contributed by atoms with Crippen molar-refractivity contribution < 1.29 is 14.3 Å². The number of nitrogens with zero attached hydrogens (tertiary/aromatic N) is 2. The Hall–Kier alpha value is -2.92. The molecule has 3 aromatic rings. The van der Waals surface area contributed by atoms with Gasteiger partial charge in [-0.2, -0.15) is 5.10 Å². The predicted octanol–water partition coefficient (Wildman–Crippen LogP) is 3.87. The average molecular weight is 355 g/mol. The number of ketones is 1. The molecule has 5 nitrogen and oxygen atoms in total. The molecule has 1 aromatic heterocycles. The first-order valence-electron chi connectivity index (χ1n) is 7.64. The van der Waals surface area contributed by atoms with Gasteiger partial charge in [0, 0.05) is 5.56 Å². The number of benzene rings is 2. The van der Waals surface area contributed by atoms with Crippen molar-refractivity contribution in [1.29, 1.82) is 0 Å². The lowest BCUT2D eigenvalue weighted by Crippen LogP contribution is -2.15. The molecule has 3 rings (SSSR count). The highest BCUT2D eigenvalue weighted by Crippen LogP contribution is 2.24. The van der Waals surface area contributed by atoms with Crippen molar-refractivity contribution >= 4 is 23.4 Å². The highest BCUT2D eigenvalue weighted by Gasteiger charge is 2.23. The average Bonchev–Trinajstić information content (AvgIpc) is 2.95. The quantitative estimate of drug-likeness (QED) is 0.515. The minimum atomic E-state index is -0.672. The number of ether oxygens (including phenoxy) is 1. The summed E-state index contributed by atoms with van der Waals surface area (Å²) in [6.45, 7) is 1.32. The maximum atomic E-state index is 12.4. The van der Waals surface area contributed by atoms with E-state index in [1.807, 2.05) is 36.4 Å². The van der Waals surface area contributed by atoms with Crippen molar-refractivity contribution in [3.05, 3.63) is 82.6 Å². The van der Waals surface area contributed by atoms with E-state index >= 15 is 0 Å². The van der Waals surface area contributed by atoms with Gasteiger partial charge in [0.25, 0.3) is 0 Å². The first kappa shape index (κ1) is 16.9. The van der Waals surface area contributed by atoms with Gasteiger partial charge in [-0.05, 0) is 19.1 Å². The van der Waals surface area contributed by atoms with Crippen LogP contribution in [-0.4, -0.2) is 28.1 Å². The number of aryl methyl sites for hydroxylation is 1. The van der Waals surface area contributed by atoms with Gasteiger partial charge in [0.2, 0.25) is 0 Å². The largest absolute Gasteiger partial charge is 0.454 e. The molecule has 0 saturated heterocycles. The molecule has 0 atom stereocenters. The highest BCUT2D eigenvalue weighted by molar-refractivity contribution is 6.33. The van der Waals surface area contributed by atoms with Crippen LogP contribution >= 0.6 is 11.6 Å². The lowest BCUT2D eigenvalue weighted by molar-refractivity contribution is 0.0474. The van der Waals surface area contributed by atoms with Crippen molar-refractivity contribution in [3.63, 3.8) is 0 Å². The number of para-hydroxylation sites is 1. The molecule has 0 spiro atoms. The fourth-order valence-electron chi connectivity index (χ4n) is 2.38. The van der Waals surface area contributed by atoms with Crippen molar-refractivity contribution in [2.45, 2.75) is 6.92 Å². The van der Waals surface area contributed by atoms with E-state index in [0.717, 1.165) is 5.69 Å². The van der Waals surface area contributed by atoms with E-state index in [4.69, 9.17) is 16.3 Å². The number of rotatable bonds is 5. The minimum Gasteiger partial charge on any atom is -0.454 e. The van der Waals surface area contributed by atoms with Gasteiger partial charge < -0.3 is 4.74 Å². The van der Waals surface area contributed by atoms with Gasteiger partial charge in [-0.1, -0.05) is 60.1 Å². The summed E-state index contributed by atoms with van der Waals surface area (Å²) in [5.74, 6) is -0.952. The van der Waals surface area contributed by atoms with Crippen LogP contribution < -0.4 is 0 Å². The number of carbonyl (C=O) groups is 2. The van der Waals surface area contributed by atoms with Gasteiger partial charge in [-0.15, -0.1) is 0 Å². The third kappa shape index (κ3) is 3.61. The zero-order valence-corrected chi connectivity index (χ0v) is 14.2. The summed E-state index contributed by atoms with van der Waals surface area (Å²) < 4.78 is 6.59. The summed E-state index contributed by atoms with van der Waals surface area (Å²) in [5.41, 5.74) is 1.81. The Kier molecular flexibility index (Phi) is 4.95. The van der Waals surface area contributed by atoms with E-state index in [9.17, 15) is 9.59 Å². The molecule has 25 heavy (non-hydrogen) atoms. The van der Waals surface area contributed by atoms with Crippen LogP contribution in [0, 0.1) is 6.92 Å². The number of carbonyl (C=O) groups excluding carboxylic acids is 2. The van der Waals surface area contributed by atoms with Gasteiger partial charge in [-0.3, -0.25) is 4.79 Å². The molecule has 0 bridgehead atoms. The second-order valence-corrected chi connectivity index (χ2v) is 5.72. The minimum absolute atomic E-state index is 0.154. The Balaban J connectivity index is 1.77. The van der Waals surface area contributed by atoms with Crippen molar-refractivity contribution in [2.75, 3.05) is 6.61 Å². The molecule has 0 aliphatic rings. The monoisotopic (exact) mass is 354 g/mol. The Morgan fingerprint density at radius 2 is 1.64 bits per heavy atom. The van der Waals surface area contributed by atoms with Gasteiger partial charge in [0.05, 0.1) is 11.4 Å². The topological polar surface area (TPSA) is 61.2 Å². The second kappa shape index (κ2) is 7.32. The highest BCUT2D eigenvalue weighted by atomic mass is 35.5. The smallest absolute Gasteiger partial charge is 0.343 e. The van der Waals surface area contributed by atoms with E-state index in [1.165, 1.54) is 4.68 Å². The third-order valence-electron chi connectivity index (χ3n) is 3.64. The lowest BCUT2D eigenvalue weighted by Gasteiger charge is -2.05. The third-order valence-corrected chi connectivity index (χ3v) is 3.99. The Morgan fingerprint density at radius 3 is 2.28 bits per heavy atom. The fraction of sp³-hybridized carbons (Fsp3) is 0.105. The zero-order chi connectivity index (χ0) is 17.8. The molecule has 0 saturated carbocycles. The number of esters is 1. The number of Topliss-reactive ketones (excluding diaryl/α,β-unsaturated/α-hetero) is 1. The SMILES string of the molecule is Cc1nn(-c2ccccc2)c(Cl)c1C(=O)OCC(=O)c1ccccc1. The summed E-state index contributed by atoms with van der Waals surface area (Å²) in [6, 6.07) is 17.9. The van der Waals surface area contributed by atoms with E-state index in [-0.39, 0.29) is 23.1 Å². The number of hydrogen-bond donors (Lipinski definition) is 0. The molecule has 0 unspecified atom stereocenters. The van der Waals surface area contributed by atoms with Crippen molar-refractivity contribution in [2.24, 2.45) is 0 Å².